The molecule has 0 radical (unpaired) electrons. The topological polar surface area (TPSA) is 189 Å². The van der Waals surface area contributed by atoms with Gasteiger partial charge in [0.2, 0.25) is 5.91 Å². The largest absolute Gasteiger partial charge is 0.394 e. The molecule has 0 aliphatic carbocycles. The molecule has 1 rings (SSSR count). The Kier molecular flexibility index (Phi) is 58.3. The second kappa shape index (κ2) is 60.4. The van der Waals surface area contributed by atoms with E-state index in [4.69, 9.17) is 9.47 Å². The van der Waals surface area contributed by atoms with Crippen molar-refractivity contribution in [2.75, 3.05) is 13.2 Å². The number of aliphatic hydroxyl groups excluding tert-OH is 7. The van der Waals surface area contributed by atoms with E-state index >= 15 is 0 Å². The van der Waals surface area contributed by atoms with Crippen LogP contribution in [0.4, 0.5) is 0 Å². The molecular weight excluding hydrogens is 1030 g/mol. The Bertz CT molecular complexity index is 1290. The highest BCUT2D eigenvalue weighted by Gasteiger charge is 2.44. The Morgan fingerprint density at radius 3 is 0.902 bits per heavy atom. The van der Waals surface area contributed by atoms with Gasteiger partial charge in [0.1, 0.15) is 36.6 Å². The highest BCUT2D eigenvalue weighted by Crippen LogP contribution is 2.24. The lowest BCUT2D eigenvalue weighted by molar-refractivity contribution is -0.303. The first-order valence-corrected chi connectivity index (χ1v) is 36.4. The first kappa shape index (κ1) is 79.1. The summed E-state index contributed by atoms with van der Waals surface area (Å²) in [6.07, 6.45) is 61.9. The molecule has 8 N–H and O–H groups in total. The number of rotatable bonds is 65. The lowest BCUT2D eigenvalue weighted by Crippen LogP contribution is -2.60. The van der Waals surface area contributed by atoms with Gasteiger partial charge < -0.3 is 50.5 Å². The van der Waals surface area contributed by atoms with Crippen LogP contribution in [0.3, 0.4) is 0 Å². The molecule has 0 bridgehead atoms. The van der Waals surface area contributed by atoms with Gasteiger partial charge >= 0.3 is 0 Å². The van der Waals surface area contributed by atoms with Gasteiger partial charge in [-0.25, -0.2) is 0 Å². The fourth-order valence-electron chi connectivity index (χ4n) is 12.3. The smallest absolute Gasteiger partial charge is 0.249 e. The normalized spacial score (nSPS) is 19.0. The first-order chi connectivity index (χ1) is 40.2. The van der Waals surface area contributed by atoms with E-state index in [-0.39, 0.29) is 6.42 Å². The zero-order chi connectivity index (χ0) is 59.6. The van der Waals surface area contributed by atoms with Crippen LogP contribution in [0.15, 0.2) is 0 Å². The third kappa shape index (κ3) is 47.2. The summed E-state index contributed by atoms with van der Waals surface area (Å²) in [5.74, 6) is -0.686. The SMILES string of the molecule is CCCCCCCCCCCCCCCCCCCCCCCCCCCCCCCCC(O)C(=O)NC(COC1OC(CO)C(O)C(O)C1O)C(O)C(O)CCCCCCCCCCCCCCCCCCCCCCCCCCC. The number of amides is 1. The van der Waals surface area contributed by atoms with Crippen LogP contribution in [0.25, 0.3) is 0 Å². The summed E-state index contributed by atoms with van der Waals surface area (Å²) in [6.45, 7) is 3.53. The van der Waals surface area contributed by atoms with E-state index < -0.39 is 74.2 Å². The molecule has 1 heterocycles. The van der Waals surface area contributed by atoms with E-state index in [2.05, 4.69) is 19.2 Å². The predicted octanol–water partition coefficient (Wildman–Crippen LogP) is 17.6. The molecule has 1 amide bonds. The van der Waals surface area contributed by atoms with Crippen LogP contribution < -0.4 is 5.32 Å². The monoisotopic (exact) mass is 1170 g/mol. The summed E-state index contributed by atoms with van der Waals surface area (Å²) in [7, 11) is 0. The minimum atomic E-state index is -1.66. The van der Waals surface area contributed by atoms with Gasteiger partial charge in [-0.1, -0.05) is 367 Å². The number of unbranched alkanes of at least 4 members (excludes halogenated alkanes) is 53. The van der Waals surface area contributed by atoms with E-state index in [0.29, 0.717) is 19.3 Å². The molecule has 9 unspecified atom stereocenters. The zero-order valence-corrected chi connectivity index (χ0v) is 54.3. The minimum Gasteiger partial charge on any atom is -0.394 e. The third-order valence-electron chi connectivity index (χ3n) is 18.2. The van der Waals surface area contributed by atoms with Crippen molar-refractivity contribution in [1.29, 1.82) is 0 Å². The number of aliphatic hydroxyl groups is 7. The van der Waals surface area contributed by atoms with Gasteiger partial charge in [-0.2, -0.15) is 0 Å². The van der Waals surface area contributed by atoms with Gasteiger partial charge in [0, 0.05) is 0 Å². The van der Waals surface area contributed by atoms with Gasteiger partial charge in [-0.15, -0.1) is 0 Å². The second-order valence-corrected chi connectivity index (χ2v) is 26.0. The number of ether oxygens (including phenoxy) is 2. The molecule has 0 aromatic rings. The number of hydrogen-bond donors (Lipinski definition) is 8. The van der Waals surface area contributed by atoms with Crippen molar-refractivity contribution in [3.05, 3.63) is 0 Å². The molecule has 82 heavy (non-hydrogen) atoms. The van der Waals surface area contributed by atoms with Crippen molar-refractivity contribution in [1.82, 2.24) is 5.32 Å². The van der Waals surface area contributed by atoms with E-state index in [9.17, 15) is 40.5 Å². The van der Waals surface area contributed by atoms with Crippen LogP contribution >= 0.6 is 0 Å². The van der Waals surface area contributed by atoms with E-state index in [1.807, 2.05) is 0 Å². The van der Waals surface area contributed by atoms with Crippen molar-refractivity contribution in [3.63, 3.8) is 0 Å². The number of carbonyl (C=O) groups is 1. The van der Waals surface area contributed by atoms with Gasteiger partial charge in [-0.3, -0.25) is 4.79 Å². The van der Waals surface area contributed by atoms with Crippen molar-refractivity contribution in [2.45, 2.75) is 435 Å². The summed E-state index contributed by atoms with van der Waals surface area (Å²) in [5.41, 5.74) is 0. The number of nitrogens with one attached hydrogen (secondary N) is 1. The maximum absolute atomic E-state index is 13.3. The van der Waals surface area contributed by atoms with Crippen LogP contribution in [0.5, 0.6) is 0 Å². The molecule has 0 aromatic carbocycles. The molecule has 490 valence electrons. The fraction of sp³-hybridized carbons (Fsp3) is 0.986. The molecule has 0 spiro atoms. The highest BCUT2D eigenvalue weighted by molar-refractivity contribution is 5.80. The van der Waals surface area contributed by atoms with Crippen LogP contribution in [-0.2, 0) is 14.3 Å². The van der Waals surface area contributed by atoms with Crippen LogP contribution in [0.1, 0.15) is 380 Å². The molecule has 9 atom stereocenters. The molecule has 11 heteroatoms. The molecule has 1 aliphatic heterocycles. The summed E-state index contributed by atoms with van der Waals surface area (Å²) >= 11 is 0. The fourth-order valence-corrected chi connectivity index (χ4v) is 12.3. The van der Waals surface area contributed by atoms with Gasteiger partial charge in [0.15, 0.2) is 6.29 Å². The van der Waals surface area contributed by atoms with Gasteiger partial charge in [-0.05, 0) is 12.8 Å². The first-order valence-electron chi connectivity index (χ1n) is 36.4. The Labute approximate surface area is 507 Å². The molecular formula is C71H141NO10. The molecule has 0 saturated carbocycles. The molecule has 1 fully saturated rings. The molecule has 1 aliphatic rings. The third-order valence-corrected chi connectivity index (χ3v) is 18.2. The summed E-state index contributed by atoms with van der Waals surface area (Å²) in [5, 5.41) is 76.6. The molecule has 11 nitrogen and oxygen atoms in total. The highest BCUT2D eigenvalue weighted by atomic mass is 16.7. The van der Waals surface area contributed by atoms with Crippen LogP contribution in [0.2, 0.25) is 0 Å². The van der Waals surface area contributed by atoms with E-state index in [1.165, 1.54) is 302 Å². The Balaban J connectivity index is 2.16. The maximum Gasteiger partial charge on any atom is 0.249 e. The van der Waals surface area contributed by atoms with E-state index in [1.54, 1.807) is 0 Å². The van der Waals surface area contributed by atoms with E-state index in [0.717, 1.165) is 38.5 Å². The van der Waals surface area contributed by atoms with Crippen LogP contribution in [-0.4, -0.2) is 110 Å². The summed E-state index contributed by atoms with van der Waals surface area (Å²) < 4.78 is 11.2. The summed E-state index contributed by atoms with van der Waals surface area (Å²) in [6, 6.07) is -1.16. The lowest BCUT2D eigenvalue weighted by Gasteiger charge is -2.40. The predicted molar refractivity (Wildman–Crippen MR) is 344 cm³/mol. The number of carbonyl (C=O) groups excluding carboxylic acids is 1. The van der Waals surface area contributed by atoms with Gasteiger partial charge in [0.05, 0.1) is 25.4 Å². The zero-order valence-electron chi connectivity index (χ0n) is 54.3. The van der Waals surface area contributed by atoms with Crippen molar-refractivity contribution < 1.29 is 50.0 Å². The molecule has 1 saturated heterocycles. The minimum absolute atomic E-state index is 0.268. The average Bonchev–Trinajstić information content (AvgIpc) is 3.50. The van der Waals surface area contributed by atoms with Crippen molar-refractivity contribution in [2.24, 2.45) is 0 Å². The molecule has 0 aromatic heterocycles. The van der Waals surface area contributed by atoms with Crippen molar-refractivity contribution in [3.8, 4) is 0 Å². The Hall–Kier alpha value is -0.890. The quantitative estimate of drug-likeness (QED) is 0.0272. The lowest BCUT2D eigenvalue weighted by atomic mass is 9.98. The Morgan fingerprint density at radius 1 is 0.378 bits per heavy atom. The second-order valence-electron chi connectivity index (χ2n) is 26.0. The number of hydrogen-bond acceptors (Lipinski definition) is 10. The van der Waals surface area contributed by atoms with Crippen molar-refractivity contribution >= 4 is 5.91 Å². The maximum atomic E-state index is 13.3. The summed E-state index contributed by atoms with van der Waals surface area (Å²) in [4.78, 5) is 13.3. The Morgan fingerprint density at radius 2 is 0.634 bits per heavy atom. The van der Waals surface area contributed by atoms with Crippen LogP contribution in [0, 0.1) is 0 Å². The average molecular weight is 1170 g/mol. The standard InChI is InChI=1S/C71H141NO10/c1-3-5-7-9-11-13-15-17-19-21-23-25-27-29-30-31-32-33-35-37-39-41-43-45-47-49-51-53-55-57-59-64(75)70(80)72-62(61-81-71-69(79)68(78)67(77)65(60-73)82-71)66(76)63(74)58-56-54-52-50-48-46-44-42-40-38-36-34-28-26-24-22-20-18-16-14-12-10-8-6-4-2/h62-69,71,73-79H,3-61H2,1-2H3,(H,72,80). The van der Waals surface area contributed by atoms with Gasteiger partial charge in [0.25, 0.3) is 0 Å².